The lowest BCUT2D eigenvalue weighted by Gasteiger charge is -2.07. The Labute approximate surface area is 136 Å². The Kier molecular flexibility index (Phi) is 9.36. The molecule has 1 amide bonds. The van der Waals surface area contributed by atoms with Crippen LogP contribution in [0.25, 0.3) is 5.82 Å². The van der Waals surface area contributed by atoms with Crippen LogP contribution in [-0.2, 0) is 11.3 Å². The van der Waals surface area contributed by atoms with E-state index in [0.717, 1.165) is 11.4 Å². The summed E-state index contributed by atoms with van der Waals surface area (Å²) in [5.41, 5.74) is 1.01. The molecule has 8 heteroatoms. The molecule has 0 aliphatic rings. The summed E-state index contributed by atoms with van der Waals surface area (Å²) in [4.78, 5) is 19.7. The molecule has 2 N–H and O–H groups in total. The second-order valence-corrected chi connectivity index (χ2v) is 4.12. The fourth-order valence-corrected chi connectivity index (χ4v) is 1.63. The zero-order valence-corrected chi connectivity index (χ0v) is 13.3. The minimum absolute atomic E-state index is 0. The van der Waals surface area contributed by atoms with Crippen molar-refractivity contribution in [1.82, 2.24) is 25.2 Å². The molecule has 0 unspecified atom stereocenters. The van der Waals surface area contributed by atoms with Crippen molar-refractivity contribution < 1.29 is 4.79 Å². The number of nitrogens with one attached hydrogen (secondary N) is 2. The number of carbonyl (C=O) groups excluding carboxylic acids is 1. The minimum Gasteiger partial charge on any atom is -0.352 e. The van der Waals surface area contributed by atoms with E-state index in [4.69, 9.17) is 0 Å². The SMILES string of the molecule is CNCCC(=O)NCc1ccnc(-n2ccnc2)c1.Cl.Cl. The van der Waals surface area contributed by atoms with E-state index in [0.29, 0.717) is 19.5 Å². The standard InChI is InChI=1S/C13H17N5O.2ClH/c1-14-4-3-13(19)17-9-11-2-5-16-12(8-11)18-7-6-15-10-18;;/h2,5-8,10,14H,3-4,9H2,1H3,(H,17,19);2*1H. The molecule has 2 rings (SSSR count). The van der Waals surface area contributed by atoms with Crippen molar-refractivity contribution in [2.45, 2.75) is 13.0 Å². The van der Waals surface area contributed by atoms with E-state index in [1.165, 1.54) is 0 Å². The van der Waals surface area contributed by atoms with E-state index in [1.807, 2.05) is 29.9 Å². The van der Waals surface area contributed by atoms with Gasteiger partial charge in [-0.1, -0.05) is 0 Å². The summed E-state index contributed by atoms with van der Waals surface area (Å²) < 4.78 is 1.83. The number of nitrogens with zero attached hydrogens (tertiary/aromatic N) is 3. The first-order valence-electron chi connectivity index (χ1n) is 6.14. The Morgan fingerprint density at radius 1 is 1.33 bits per heavy atom. The number of amides is 1. The molecular formula is C13H19Cl2N5O. The molecule has 0 radical (unpaired) electrons. The third-order valence-corrected chi connectivity index (χ3v) is 2.67. The molecule has 2 heterocycles. The molecule has 21 heavy (non-hydrogen) atoms. The third kappa shape index (κ3) is 6.12. The van der Waals surface area contributed by atoms with Gasteiger partial charge < -0.3 is 10.6 Å². The molecule has 0 aliphatic carbocycles. The van der Waals surface area contributed by atoms with Crippen LogP contribution in [0.4, 0.5) is 0 Å². The third-order valence-electron chi connectivity index (χ3n) is 2.67. The summed E-state index contributed by atoms with van der Waals surface area (Å²) in [6.07, 6.45) is 7.43. The van der Waals surface area contributed by atoms with Crippen LogP contribution >= 0.6 is 24.8 Å². The number of hydrogen-bond acceptors (Lipinski definition) is 4. The zero-order chi connectivity index (χ0) is 13.5. The van der Waals surface area contributed by atoms with Crippen molar-refractivity contribution in [1.29, 1.82) is 0 Å². The zero-order valence-electron chi connectivity index (χ0n) is 11.7. The molecule has 116 valence electrons. The van der Waals surface area contributed by atoms with E-state index < -0.39 is 0 Å². The largest absolute Gasteiger partial charge is 0.352 e. The van der Waals surface area contributed by atoms with Crippen molar-refractivity contribution in [3.05, 3.63) is 42.6 Å². The summed E-state index contributed by atoms with van der Waals surface area (Å²) in [7, 11) is 1.83. The van der Waals surface area contributed by atoms with E-state index in [2.05, 4.69) is 20.6 Å². The summed E-state index contributed by atoms with van der Waals surface area (Å²) in [6.45, 7) is 1.19. The Balaban J connectivity index is 0.00000200. The highest BCUT2D eigenvalue weighted by atomic mass is 35.5. The number of pyridine rings is 1. The molecule has 0 saturated heterocycles. The quantitative estimate of drug-likeness (QED) is 0.837. The monoisotopic (exact) mass is 331 g/mol. The first kappa shape index (κ1) is 19.4. The second-order valence-electron chi connectivity index (χ2n) is 4.12. The highest BCUT2D eigenvalue weighted by Crippen LogP contribution is 2.06. The van der Waals surface area contributed by atoms with Gasteiger partial charge in [0.25, 0.3) is 0 Å². The molecule has 2 aromatic rings. The van der Waals surface area contributed by atoms with Crippen LogP contribution < -0.4 is 10.6 Å². The second kappa shape index (κ2) is 10.1. The first-order chi connectivity index (χ1) is 9.29. The van der Waals surface area contributed by atoms with Crippen LogP contribution in [0.5, 0.6) is 0 Å². The molecule has 0 bridgehead atoms. The van der Waals surface area contributed by atoms with Gasteiger partial charge in [0, 0.05) is 38.1 Å². The van der Waals surface area contributed by atoms with Crippen LogP contribution in [0.1, 0.15) is 12.0 Å². The fourth-order valence-electron chi connectivity index (χ4n) is 1.63. The molecule has 0 atom stereocenters. The molecule has 0 spiro atoms. The number of halogens is 2. The van der Waals surface area contributed by atoms with Gasteiger partial charge in [-0.05, 0) is 24.7 Å². The van der Waals surface area contributed by atoms with Gasteiger partial charge >= 0.3 is 0 Å². The average molecular weight is 332 g/mol. The van der Waals surface area contributed by atoms with Gasteiger partial charge in [-0.2, -0.15) is 0 Å². The highest BCUT2D eigenvalue weighted by Gasteiger charge is 2.02. The molecular weight excluding hydrogens is 313 g/mol. The predicted molar refractivity (Wildman–Crippen MR) is 86.2 cm³/mol. The maximum atomic E-state index is 11.5. The Bertz CT molecular complexity index is 533. The van der Waals surface area contributed by atoms with Crippen LogP contribution in [-0.4, -0.2) is 34.0 Å². The number of imidazole rings is 1. The number of hydrogen-bond donors (Lipinski definition) is 2. The lowest BCUT2D eigenvalue weighted by atomic mass is 10.2. The van der Waals surface area contributed by atoms with Gasteiger partial charge in [-0.15, -0.1) is 24.8 Å². The van der Waals surface area contributed by atoms with Crippen LogP contribution in [0.3, 0.4) is 0 Å². The number of aromatic nitrogens is 3. The Morgan fingerprint density at radius 3 is 2.81 bits per heavy atom. The smallest absolute Gasteiger partial charge is 0.221 e. The van der Waals surface area contributed by atoms with E-state index in [1.54, 1.807) is 18.7 Å². The van der Waals surface area contributed by atoms with Crippen molar-refractivity contribution >= 4 is 30.7 Å². The molecule has 0 aromatic carbocycles. The summed E-state index contributed by atoms with van der Waals surface area (Å²) in [5.74, 6) is 0.829. The summed E-state index contributed by atoms with van der Waals surface area (Å²) in [6, 6.07) is 3.82. The molecule has 0 saturated carbocycles. The lowest BCUT2D eigenvalue weighted by molar-refractivity contribution is -0.121. The summed E-state index contributed by atoms with van der Waals surface area (Å²) >= 11 is 0. The number of carbonyl (C=O) groups is 1. The van der Waals surface area contributed by atoms with Gasteiger partial charge in [-0.3, -0.25) is 9.36 Å². The van der Waals surface area contributed by atoms with Crippen LogP contribution in [0.2, 0.25) is 0 Å². The maximum Gasteiger partial charge on any atom is 0.221 e. The maximum absolute atomic E-state index is 11.5. The van der Waals surface area contributed by atoms with Crippen molar-refractivity contribution in [2.24, 2.45) is 0 Å². The minimum atomic E-state index is 0. The van der Waals surface area contributed by atoms with Crippen molar-refractivity contribution in [3.63, 3.8) is 0 Å². The van der Waals surface area contributed by atoms with E-state index >= 15 is 0 Å². The Hall–Kier alpha value is -1.63. The lowest BCUT2D eigenvalue weighted by Crippen LogP contribution is -2.26. The van der Waals surface area contributed by atoms with Gasteiger partial charge in [0.05, 0.1) is 0 Å². The van der Waals surface area contributed by atoms with E-state index in [-0.39, 0.29) is 30.7 Å². The highest BCUT2D eigenvalue weighted by molar-refractivity contribution is 5.85. The topological polar surface area (TPSA) is 71.8 Å². The Morgan fingerprint density at radius 2 is 2.14 bits per heavy atom. The molecule has 6 nitrogen and oxygen atoms in total. The molecule has 0 aliphatic heterocycles. The summed E-state index contributed by atoms with van der Waals surface area (Å²) in [5, 5.41) is 5.82. The molecule has 2 aromatic heterocycles. The van der Waals surface area contributed by atoms with Crippen molar-refractivity contribution in [3.8, 4) is 5.82 Å². The molecule has 0 fully saturated rings. The van der Waals surface area contributed by atoms with Gasteiger partial charge in [0.15, 0.2) is 0 Å². The first-order valence-corrected chi connectivity index (χ1v) is 6.14. The van der Waals surface area contributed by atoms with Gasteiger partial charge in [0.1, 0.15) is 12.1 Å². The van der Waals surface area contributed by atoms with E-state index in [9.17, 15) is 4.79 Å². The average Bonchev–Trinajstić information content (AvgIpc) is 2.97. The predicted octanol–water partition coefficient (Wildman–Crippen LogP) is 1.34. The fraction of sp³-hybridized carbons (Fsp3) is 0.308. The van der Waals surface area contributed by atoms with Crippen LogP contribution in [0.15, 0.2) is 37.1 Å². The normalized spacial score (nSPS) is 9.38. The van der Waals surface area contributed by atoms with Gasteiger partial charge in [-0.25, -0.2) is 9.97 Å². The van der Waals surface area contributed by atoms with Gasteiger partial charge in [0.2, 0.25) is 5.91 Å². The van der Waals surface area contributed by atoms with Crippen molar-refractivity contribution in [2.75, 3.05) is 13.6 Å². The number of rotatable bonds is 6. The van der Waals surface area contributed by atoms with Crippen LogP contribution in [0, 0.1) is 0 Å².